The molecule has 100 valence electrons. The number of aliphatic carboxylic acids is 1. The number of nitrogens with zero attached hydrogens (tertiary/aromatic N) is 1. The first-order chi connectivity index (χ1) is 8.08. The van der Waals surface area contributed by atoms with Crippen LogP contribution in [0.2, 0.25) is 5.02 Å². The molecule has 1 heterocycles. The molecule has 0 bridgehead atoms. The van der Waals surface area contributed by atoms with Gasteiger partial charge in [0.05, 0.1) is 5.92 Å². The predicted molar refractivity (Wildman–Crippen MR) is 74.7 cm³/mol. The molecule has 0 spiro atoms. The highest BCUT2D eigenvalue weighted by molar-refractivity contribution is 6.30. The molecule has 1 unspecified atom stereocenters. The molecule has 0 amide bonds. The van der Waals surface area contributed by atoms with E-state index in [4.69, 9.17) is 11.6 Å². The van der Waals surface area contributed by atoms with Crippen LogP contribution >= 0.6 is 24.0 Å². The maximum absolute atomic E-state index is 11.3. The molecule has 5 heteroatoms. The van der Waals surface area contributed by atoms with Gasteiger partial charge in [0, 0.05) is 11.6 Å². The average molecular weight is 290 g/mol. The molecule has 0 aliphatic carbocycles. The molecule has 1 saturated heterocycles. The SMILES string of the molecule is CN1CC[C@H](c2ccc(Cl)cc2)C(C(=O)O)C1.Cl. The van der Waals surface area contributed by atoms with Crippen LogP contribution in [0, 0.1) is 5.92 Å². The number of hydrogen-bond donors (Lipinski definition) is 1. The van der Waals surface area contributed by atoms with Crippen molar-refractivity contribution in [2.45, 2.75) is 12.3 Å². The summed E-state index contributed by atoms with van der Waals surface area (Å²) < 4.78 is 0. The van der Waals surface area contributed by atoms with Crippen molar-refractivity contribution < 1.29 is 9.90 Å². The van der Waals surface area contributed by atoms with Gasteiger partial charge in [-0.05, 0) is 43.6 Å². The average Bonchev–Trinajstić information content (AvgIpc) is 2.30. The molecule has 2 rings (SSSR count). The Bertz CT molecular complexity index is 408. The Balaban J connectivity index is 0.00000162. The van der Waals surface area contributed by atoms with Gasteiger partial charge in [0.2, 0.25) is 0 Å². The van der Waals surface area contributed by atoms with E-state index in [-0.39, 0.29) is 24.2 Å². The minimum absolute atomic E-state index is 0. The summed E-state index contributed by atoms with van der Waals surface area (Å²) in [5.41, 5.74) is 1.08. The topological polar surface area (TPSA) is 40.5 Å². The van der Waals surface area contributed by atoms with Crippen LogP contribution in [0.15, 0.2) is 24.3 Å². The molecule has 1 aromatic carbocycles. The lowest BCUT2D eigenvalue weighted by atomic mass is 9.80. The Morgan fingerprint density at radius 2 is 2.00 bits per heavy atom. The maximum atomic E-state index is 11.3. The third-order valence-corrected chi connectivity index (χ3v) is 3.68. The van der Waals surface area contributed by atoms with E-state index in [2.05, 4.69) is 4.90 Å². The van der Waals surface area contributed by atoms with Gasteiger partial charge in [-0.3, -0.25) is 4.79 Å². The normalized spacial score (nSPS) is 24.3. The Hall–Kier alpha value is -0.770. The van der Waals surface area contributed by atoms with Crippen LogP contribution in [0.3, 0.4) is 0 Å². The molecule has 0 radical (unpaired) electrons. The summed E-state index contributed by atoms with van der Waals surface area (Å²) in [6.45, 7) is 1.56. The molecule has 0 saturated carbocycles. The van der Waals surface area contributed by atoms with Crippen molar-refractivity contribution in [2.24, 2.45) is 5.92 Å². The Kier molecular flexibility index (Phi) is 5.45. The number of carboxylic acids is 1. The first-order valence-corrected chi connectivity index (χ1v) is 6.12. The maximum Gasteiger partial charge on any atom is 0.308 e. The molecule has 1 N–H and O–H groups in total. The standard InChI is InChI=1S/C13H16ClNO2.ClH/c1-15-7-6-11(12(8-15)13(16)17)9-2-4-10(14)5-3-9;/h2-5,11-12H,6-8H2,1H3,(H,16,17);1H/t11-,12?;/m1./s1. The van der Waals surface area contributed by atoms with Crippen molar-refractivity contribution in [2.75, 3.05) is 20.1 Å². The molecule has 0 aromatic heterocycles. The molecular weight excluding hydrogens is 273 g/mol. The zero-order valence-electron chi connectivity index (χ0n) is 10.2. The number of halogens is 2. The van der Waals surface area contributed by atoms with Crippen LogP contribution < -0.4 is 0 Å². The third kappa shape index (κ3) is 3.37. The lowest BCUT2D eigenvalue weighted by molar-refractivity contribution is -0.144. The minimum Gasteiger partial charge on any atom is -0.481 e. The summed E-state index contributed by atoms with van der Waals surface area (Å²) >= 11 is 5.85. The number of piperidine rings is 1. The predicted octanol–water partition coefficient (Wildman–Crippen LogP) is 2.88. The highest BCUT2D eigenvalue weighted by Gasteiger charge is 2.33. The fraction of sp³-hybridized carbons (Fsp3) is 0.462. The molecule has 1 aliphatic heterocycles. The molecule has 1 aromatic rings. The molecule has 3 nitrogen and oxygen atoms in total. The summed E-state index contributed by atoms with van der Waals surface area (Å²) in [5, 5.41) is 9.98. The summed E-state index contributed by atoms with van der Waals surface area (Å²) in [6.07, 6.45) is 0.884. The second-order valence-corrected chi connectivity index (χ2v) is 5.09. The summed E-state index contributed by atoms with van der Waals surface area (Å²) in [5.74, 6) is -0.938. The number of rotatable bonds is 2. The van der Waals surface area contributed by atoms with Crippen LogP contribution in [0.25, 0.3) is 0 Å². The van der Waals surface area contributed by atoms with E-state index in [0.717, 1.165) is 18.5 Å². The van der Waals surface area contributed by atoms with Crippen molar-refractivity contribution in [3.63, 3.8) is 0 Å². The summed E-state index contributed by atoms with van der Waals surface area (Å²) in [4.78, 5) is 13.4. The highest BCUT2D eigenvalue weighted by atomic mass is 35.5. The number of carbonyl (C=O) groups is 1. The van der Waals surface area contributed by atoms with Gasteiger partial charge in [0.25, 0.3) is 0 Å². The zero-order valence-corrected chi connectivity index (χ0v) is 11.7. The van der Waals surface area contributed by atoms with E-state index in [0.29, 0.717) is 11.6 Å². The quantitative estimate of drug-likeness (QED) is 0.910. The molecular formula is C13H17Cl2NO2. The summed E-state index contributed by atoms with van der Waals surface area (Å²) in [6, 6.07) is 7.53. The van der Waals surface area contributed by atoms with Crippen molar-refractivity contribution >= 4 is 30.0 Å². The van der Waals surface area contributed by atoms with Gasteiger partial charge in [-0.2, -0.15) is 0 Å². The summed E-state index contributed by atoms with van der Waals surface area (Å²) in [7, 11) is 1.97. The van der Waals surface area contributed by atoms with Crippen LogP contribution in [0.1, 0.15) is 17.9 Å². The van der Waals surface area contributed by atoms with E-state index in [1.165, 1.54) is 0 Å². The van der Waals surface area contributed by atoms with E-state index >= 15 is 0 Å². The first kappa shape index (κ1) is 15.3. The Morgan fingerprint density at radius 3 is 2.56 bits per heavy atom. The van der Waals surface area contributed by atoms with Crippen molar-refractivity contribution in [3.8, 4) is 0 Å². The van der Waals surface area contributed by atoms with E-state index in [1.807, 2.05) is 31.3 Å². The Labute approximate surface area is 118 Å². The van der Waals surface area contributed by atoms with Gasteiger partial charge in [-0.15, -0.1) is 12.4 Å². The third-order valence-electron chi connectivity index (χ3n) is 3.43. The van der Waals surface area contributed by atoms with Crippen molar-refractivity contribution in [1.29, 1.82) is 0 Å². The van der Waals surface area contributed by atoms with Crippen LogP contribution in [0.5, 0.6) is 0 Å². The van der Waals surface area contributed by atoms with Crippen LogP contribution in [0.4, 0.5) is 0 Å². The van der Waals surface area contributed by atoms with E-state index in [9.17, 15) is 9.90 Å². The van der Waals surface area contributed by atoms with Crippen molar-refractivity contribution in [3.05, 3.63) is 34.9 Å². The fourth-order valence-electron chi connectivity index (χ4n) is 2.47. The fourth-order valence-corrected chi connectivity index (χ4v) is 2.60. The van der Waals surface area contributed by atoms with E-state index in [1.54, 1.807) is 0 Å². The van der Waals surface area contributed by atoms with Crippen LogP contribution in [-0.2, 0) is 4.79 Å². The van der Waals surface area contributed by atoms with Gasteiger partial charge >= 0.3 is 5.97 Å². The monoisotopic (exact) mass is 289 g/mol. The molecule has 1 fully saturated rings. The number of benzene rings is 1. The lowest BCUT2D eigenvalue weighted by Crippen LogP contribution is -2.40. The van der Waals surface area contributed by atoms with Gasteiger partial charge in [-0.25, -0.2) is 0 Å². The van der Waals surface area contributed by atoms with Gasteiger partial charge in [-0.1, -0.05) is 23.7 Å². The highest BCUT2D eigenvalue weighted by Crippen LogP contribution is 2.33. The second-order valence-electron chi connectivity index (χ2n) is 4.65. The minimum atomic E-state index is -0.712. The van der Waals surface area contributed by atoms with Crippen LogP contribution in [-0.4, -0.2) is 36.1 Å². The first-order valence-electron chi connectivity index (χ1n) is 5.74. The molecule has 18 heavy (non-hydrogen) atoms. The van der Waals surface area contributed by atoms with Gasteiger partial charge in [0.1, 0.15) is 0 Å². The lowest BCUT2D eigenvalue weighted by Gasteiger charge is -2.34. The van der Waals surface area contributed by atoms with E-state index < -0.39 is 5.97 Å². The van der Waals surface area contributed by atoms with Gasteiger partial charge < -0.3 is 10.0 Å². The van der Waals surface area contributed by atoms with Gasteiger partial charge in [0.15, 0.2) is 0 Å². The largest absolute Gasteiger partial charge is 0.481 e. The smallest absolute Gasteiger partial charge is 0.308 e. The number of likely N-dealkylation sites (tertiary alicyclic amines) is 1. The number of hydrogen-bond acceptors (Lipinski definition) is 2. The second kappa shape index (κ2) is 6.41. The molecule has 1 aliphatic rings. The number of carboxylic acid groups (broad SMARTS) is 1. The zero-order chi connectivity index (χ0) is 12.4. The molecule has 2 atom stereocenters. The Morgan fingerprint density at radius 1 is 1.39 bits per heavy atom. The van der Waals surface area contributed by atoms with Crippen molar-refractivity contribution in [1.82, 2.24) is 4.90 Å².